The zero-order chi connectivity index (χ0) is 13.1. The molecule has 4 N–H and O–H groups in total. The average molecular weight is 245 g/mol. The van der Waals surface area contributed by atoms with Crippen LogP contribution in [-0.2, 0) is 0 Å². The molecule has 18 heavy (non-hydrogen) atoms. The molecule has 6 nitrogen and oxygen atoms in total. The molecule has 0 bridgehead atoms. The first-order valence-corrected chi connectivity index (χ1v) is 5.15. The minimum absolute atomic E-state index is 0.114. The number of primary amides is 1. The summed E-state index contributed by atoms with van der Waals surface area (Å²) >= 11 is 0. The van der Waals surface area contributed by atoms with Gasteiger partial charge in [0.2, 0.25) is 5.91 Å². The maximum atomic E-state index is 11.8. The number of benzene rings is 1. The van der Waals surface area contributed by atoms with Crippen molar-refractivity contribution in [3.05, 3.63) is 53.9 Å². The first-order chi connectivity index (χ1) is 8.58. The Morgan fingerprint density at radius 3 is 2.56 bits per heavy atom. The van der Waals surface area contributed by atoms with E-state index < -0.39 is 11.8 Å². The number of nitrogens with two attached hydrogens (primary N) is 1. The van der Waals surface area contributed by atoms with Crippen molar-refractivity contribution in [2.24, 2.45) is 5.73 Å². The summed E-state index contributed by atoms with van der Waals surface area (Å²) in [5.41, 5.74) is 8.00. The number of amides is 2. The molecule has 2 amide bonds. The van der Waals surface area contributed by atoms with Crippen LogP contribution in [0, 0.1) is 0 Å². The van der Waals surface area contributed by atoms with Crippen molar-refractivity contribution in [1.29, 1.82) is 0 Å². The van der Waals surface area contributed by atoms with Gasteiger partial charge in [0, 0.05) is 12.4 Å². The van der Waals surface area contributed by atoms with Crippen LogP contribution >= 0.6 is 0 Å². The molecule has 0 aliphatic heterocycles. The average Bonchev–Trinajstić information content (AvgIpc) is 2.78. The molecule has 0 unspecified atom stereocenters. The summed E-state index contributed by atoms with van der Waals surface area (Å²) in [7, 11) is 0. The van der Waals surface area contributed by atoms with E-state index >= 15 is 0 Å². The van der Waals surface area contributed by atoms with Crippen molar-refractivity contribution in [2.45, 2.75) is 0 Å². The van der Waals surface area contributed by atoms with Gasteiger partial charge in [0.15, 0.2) is 0 Å². The van der Waals surface area contributed by atoms with E-state index in [0.717, 1.165) is 0 Å². The number of aromatic nitrogens is 1. The van der Waals surface area contributed by atoms with E-state index in [9.17, 15) is 14.7 Å². The second kappa shape index (κ2) is 4.62. The molecule has 0 saturated heterocycles. The number of hydrogen-bond acceptors (Lipinski definition) is 3. The summed E-state index contributed by atoms with van der Waals surface area (Å²) in [6.07, 6.45) is 2.87. The number of carbonyl (C=O) groups excluding carboxylic acids is 2. The van der Waals surface area contributed by atoms with Gasteiger partial charge < -0.3 is 10.8 Å². The van der Waals surface area contributed by atoms with Crippen molar-refractivity contribution in [3.8, 4) is 5.75 Å². The highest BCUT2D eigenvalue weighted by atomic mass is 16.3. The van der Waals surface area contributed by atoms with Crippen molar-refractivity contribution in [2.75, 3.05) is 5.43 Å². The van der Waals surface area contributed by atoms with Crippen molar-refractivity contribution >= 4 is 11.8 Å². The Labute approximate surface area is 103 Å². The predicted octanol–water partition coefficient (Wildman–Crippen LogP) is 0.676. The second-order valence-corrected chi connectivity index (χ2v) is 3.63. The van der Waals surface area contributed by atoms with Crippen LogP contribution in [-0.4, -0.2) is 21.6 Å². The van der Waals surface area contributed by atoms with E-state index in [1.54, 1.807) is 12.1 Å². The van der Waals surface area contributed by atoms with Gasteiger partial charge in [-0.15, -0.1) is 0 Å². The van der Waals surface area contributed by atoms with Crippen LogP contribution in [0.15, 0.2) is 42.7 Å². The van der Waals surface area contributed by atoms with Crippen LogP contribution in [0.3, 0.4) is 0 Å². The Morgan fingerprint density at radius 2 is 1.94 bits per heavy atom. The number of nitrogens with zero attached hydrogens (tertiary/aromatic N) is 1. The fourth-order valence-corrected chi connectivity index (χ4v) is 1.45. The van der Waals surface area contributed by atoms with Crippen molar-refractivity contribution in [1.82, 2.24) is 4.68 Å². The van der Waals surface area contributed by atoms with Crippen molar-refractivity contribution in [3.63, 3.8) is 0 Å². The van der Waals surface area contributed by atoms with Crippen LogP contribution in [0.25, 0.3) is 0 Å². The maximum absolute atomic E-state index is 11.8. The lowest BCUT2D eigenvalue weighted by Crippen LogP contribution is -2.21. The molecule has 0 aliphatic rings. The Bertz CT molecular complexity index is 604. The third-order valence-corrected chi connectivity index (χ3v) is 2.36. The lowest BCUT2D eigenvalue weighted by Gasteiger charge is -2.07. The molecular weight excluding hydrogens is 234 g/mol. The molecule has 0 spiro atoms. The summed E-state index contributed by atoms with van der Waals surface area (Å²) < 4.78 is 1.30. The summed E-state index contributed by atoms with van der Waals surface area (Å²) in [6.45, 7) is 0. The van der Waals surface area contributed by atoms with Gasteiger partial charge in [0.1, 0.15) is 5.75 Å². The van der Waals surface area contributed by atoms with E-state index in [-0.39, 0.29) is 16.9 Å². The quantitative estimate of drug-likeness (QED) is 0.741. The number of rotatable bonds is 3. The summed E-state index contributed by atoms with van der Waals surface area (Å²) in [5, 5.41) is 9.51. The fourth-order valence-electron chi connectivity index (χ4n) is 1.45. The third kappa shape index (κ3) is 2.32. The molecule has 0 fully saturated rings. The fraction of sp³-hybridized carbons (Fsp3) is 0. The number of para-hydroxylation sites is 1. The predicted molar refractivity (Wildman–Crippen MR) is 64.7 cm³/mol. The van der Waals surface area contributed by atoms with Crippen LogP contribution in [0.5, 0.6) is 5.75 Å². The van der Waals surface area contributed by atoms with Gasteiger partial charge in [-0.05, 0) is 18.2 Å². The summed E-state index contributed by atoms with van der Waals surface area (Å²) in [5.74, 6) is -1.18. The van der Waals surface area contributed by atoms with E-state index in [1.165, 1.54) is 35.3 Å². The lowest BCUT2D eigenvalue weighted by atomic mass is 10.2. The minimum Gasteiger partial charge on any atom is -0.507 e. The number of phenols is 1. The Kier molecular flexibility index (Phi) is 3.01. The Hall–Kier alpha value is -2.76. The molecule has 0 atom stereocenters. The van der Waals surface area contributed by atoms with Crippen LogP contribution in [0.1, 0.15) is 20.7 Å². The number of phenolic OH excluding ortho intramolecular Hbond substituents is 1. The van der Waals surface area contributed by atoms with Gasteiger partial charge in [-0.25, -0.2) is 0 Å². The van der Waals surface area contributed by atoms with Crippen LogP contribution in [0.4, 0.5) is 0 Å². The zero-order valence-electron chi connectivity index (χ0n) is 9.33. The maximum Gasteiger partial charge on any atom is 0.273 e. The first-order valence-electron chi connectivity index (χ1n) is 5.15. The van der Waals surface area contributed by atoms with Crippen molar-refractivity contribution < 1.29 is 14.7 Å². The number of hydrogen-bond donors (Lipinski definition) is 3. The first kappa shape index (κ1) is 11.7. The van der Waals surface area contributed by atoms with Crippen LogP contribution in [0.2, 0.25) is 0 Å². The molecule has 2 rings (SSSR count). The normalized spacial score (nSPS) is 10.0. The third-order valence-electron chi connectivity index (χ3n) is 2.36. The van der Waals surface area contributed by atoms with Gasteiger partial charge >= 0.3 is 0 Å². The molecular formula is C12H11N3O3. The van der Waals surface area contributed by atoms with Gasteiger partial charge in [0.05, 0.1) is 11.1 Å². The molecule has 0 saturated carbocycles. The van der Waals surface area contributed by atoms with Crippen LogP contribution < -0.4 is 11.2 Å². The molecule has 1 aromatic carbocycles. The number of aromatic hydroxyl groups is 1. The standard InChI is InChI=1S/C12H11N3O3/c13-11(17)8-5-6-15(7-8)14-12(18)9-3-1-2-4-10(9)16/h1-7,16H,(H2,13,17)(H,14,18). The number of carbonyl (C=O) groups is 2. The van der Waals surface area contributed by atoms with Gasteiger partial charge in [-0.2, -0.15) is 0 Å². The van der Waals surface area contributed by atoms with E-state index in [0.29, 0.717) is 0 Å². The van der Waals surface area contributed by atoms with E-state index in [4.69, 9.17) is 5.73 Å². The molecule has 2 aromatic rings. The highest BCUT2D eigenvalue weighted by molar-refractivity contribution is 6.02. The zero-order valence-corrected chi connectivity index (χ0v) is 9.33. The van der Waals surface area contributed by atoms with E-state index in [1.807, 2.05) is 0 Å². The van der Waals surface area contributed by atoms with Gasteiger partial charge in [-0.3, -0.25) is 19.7 Å². The lowest BCUT2D eigenvalue weighted by molar-refractivity contribution is 0.0990. The second-order valence-electron chi connectivity index (χ2n) is 3.63. The highest BCUT2D eigenvalue weighted by Crippen LogP contribution is 2.15. The van der Waals surface area contributed by atoms with Gasteiger partial charge in [-0.1, -0.05) is 12.1 Å². The monoisotopic (exact) mass is 245 g/mol. The number of nitrogens with one attached hydrogen (secondary N) is 1. The molecule has 0 radical (unpaired) electrons. The molecule has 6 heteroatoms. The molecule has 1 heterocycles. The molecule has 1 aromatic heterocycles. The Morgan fingerprint density at radius 1 is 1.22 bits per heavy atom. The Balaban J connectivity index is 2.16. The van der Waals surface area contributed by atoms with Gasteiger partial charge in [0.25, 0.3) is 5.91 Å². The largest absolute Gasteiger partial charge is 0.507 e. The molecule has 92 valence electrons. The summed E-state index contributed by atoms with van der Waals surface area (Å²) in [6, 6.07) is 7.64. The topological polar surface area (TPSA) is 97.4 Å². The minimum atomic E-state index is -0.578. The smallest absolute Gasteiger partial charge is 0.273 e. The highest BCUT2D eigenvalue weighted by Gasteiger charge is 2.11. The summed E-state index contributed by atoms with van der Waals surface area (Å²) in [4.78, 5) is 22.7. The van der Waals surface area contributed by atoms with E-state index in [2.05, 4.69) is 5.43 Å². The SMILES string of the molecule is NC(=O)c1ccn(NC(=O)c2ccccc2O)c1. The molecule has 0 aliphatic carbocycles.